The van der Waals surface area contributed by atoms with E-state index in [1.54, 1.807) is 0 Å². The van der Waals surface area contributed by atoms with Gasteiger partial charge in [0.25, 0.3) is 0 Å². The summed E-state index contributed by atoms with van der Waals surface area (Å²) in [7, 11) is 0. The van der Waals surface area contributed by atoms with Crippen molar-refractivity contribution in [2.75, 3.05) is 26.2 Å². The Hall–Kier alpha value is -0.730. The first-order valence-corrected chi connectivity index (χ1v) is 10.4. The van der Waals surface area contributed by atoms with Crippen LogP contribution in [0.5, 0.6) is 0 Å². The number of ether oxygens (including phenoxy) is 1. The van der Waals surface area contributed by atoms with Crippen LogP contribution in [0.3, 0.4) is 0 Å². The molecule has 27 heavy (non-hydrogen) atoms. The molecular formula is C20H37IN4O2. The zero-order chi connectivity index (χ0) is 18.7. The number of carbonyl (C=O) groups excluding carboxylic acids is 1. The van der Waals surface area contributed by atoms with Crippen LogP contribution in [0.1, 0.15) is 66.2 Å². The van der Waals surface area contributed by atoms with Crippen LogP contribution in [-0.2, 0) is 4.74 Å². The van der Waals surface area contributed by atoms with Crippen molar-refractivity contribution < 1.29 is 9.53 Å². The van der Waals surface area contributed by atoms with Gasteiger partial charge in [0.2, 0.25) is 0 Å². The standard InChI is InChI=1S/C20H36N4O2.HI/c1-5-21-18(22-16-8-9-16)23-12-10-17(11-13-23)24(14-15-6-7-15)19(25)26-20(2,3)4;/h15-17H,5-14H2,1-4H3,(H,21,22);1H. The summed E-state index contributed by atoms with van der Waals surface area (Å²) < 4.78 is 5.69. The largest absolute Gasteiger partial charge is 0.444 e. The predicted octanol–water partition coefficient (Wildman–Crippen LogP) is 3.84. The van der Waals surface area contributed by atoms with E-state index >= 15 is 0 Å². The summed E-state index contributed by atoms with van der Waals surface area (Å²) in [6.07, 6.45) is 6.84. The maximum Gasteiger partial charge on any atom is 0.410 e. The minimum absolute atomic E-state index is 0. The first kappa shape index (κ1) is 22.6. The fraction of sp³-hybridized carbons (Fsp3) is 0.900. The molecule has 2 saturated carbocycles. The molecule has 0 aromatic carbocycles. The third-order valence-electron chi connectivity index (χ3n) is 5.20. The molecule has 2 aliphatic carbocycles. The second kappa shape index (κ2) is 9.65. The molecule has 0 atom stereocenters. The van der Waals surface area contributed by atoms with E-state index in [4.69, 9.17) is 4.74 Å². The maximum absolute atomic E-state index is 12.7. The fourth-order valence-corrected chi connectivity index (χ4v) is 3.46. The second-order valence-electron chi connectivity index (χ2n) is 9.01. The Bertz CT molecular complexity index is 519. The van der Waals surface area contributed by atoms with Crippen molar-refractivity contribution in [3.63, 3.8) is 0 Å². The van der Waals surface area contributed by atoms with Gasteiger partial charge >= 0.3 is 6.09 Å². The summed E-state index contributed by atoms with van der Waals surface area (Å²) in [5.41, 5.74) is -0.436. The van der Waals surface area contributed by atoms with E-state index in [9.17, 15) is 4.79 Å². The number of carbonyl (C=O) groups is 1. The van der Waals surface area contributed by atoms with Gasteiger partial charge in [0.05, 0.1) is 0 Å². The smallest absolute Gasteiger partial charge is 0.410 e. The highest BCUT2D eigenvalue weighted by molar-refractivity contribution is 14.0. The van der Waals surface area contributed by atoms with Crippen molar-refractivity contribution in [3.05, 3.63) is 0 Å². The third kappa shape index (κ3) is 7.31. The van der Waals surface area contributed by atoms with E-state index in [0.717, 1.165) is 45.0 Å². The minimum Gasteiger partial charge on any atom is -0.444 e. The number of piperidine rings is 1. The first-order valence-electron chi connectivity index (χ1n) is 10.4. The molecule has 0 unspecified atom stereocenters. The highest BCUT2D eigenvalue weighted by Crippen LogP contribution is 2.32. The normalized spacial score (nSPS) is 21.5. The Morgan fingerprint density at radius 2 is 1.78 bits per heavy atom. The molecule has 3 rings (SSSR count). The summed E-state index contributed by atoms with van der Waals surface area (Å²) in [4.78, 5) is 21.8. The Morgan fingerprint density at radius 1 is 1.15 bits per heavy atom. The summed E-state index contributed by atoms with van der Waals surface area (Å²) in [6.45, 7) is 11.5. The number of hydrogen-bond donors (Lipinski definition) is 1. The molecule has 0 aromatic heterocycles. The summed E-state index contributed by atoms with van der Waals surface area (Å²) >= 11 is 0. The molecule has 156 valence electrons. The Balaban J connectivity index is 0.00000261. The molecule has 0 bridgehead atoms. The Labute approximate surface area is 181 Å². The molecule has 7 heteroatoms. The van der Waals surface area contributed by atoms with Gasteiger partial charge in [-0.25, -0.2) is 4.79 Å². The lowest BCUT2D eigenvalue weighted by molar-refractivity contribution is 0.00928. The number of amides is 1. The predicted molar refractivity (Wildman–Crippen MR) is 120 cm³/mol. The molecular weight excluding hydrogens is 455 g/mol. The molecule has 1 aliphatic heterocycles. The molecule has 3 aliphatic rings. The summed E-state index contributed by atoms with van der Waals surface area (Å²) in [5.74, 6) is 1.73. The van der Waals surface area contributed by atoms with Crippen molar-refractivity contribution >= 4 is 36.0 Å². The van der Waals surface area contributed by atoms with E-state index < -0.39 is 5.60 Å². The molecule has 1 heterocycles. The van der Waals surface area contributed by atoms with Crippen LogP contribution in [0, 0.1) is 5.92 Å². The number of aliphatic imine (C=N–C) groups is 1. The van der Waals surface area contributed by atoms with Crippen molar-refractivity contribution in [2.24, 2.45) is 10.9 Å². The van der Waals surface area contributed by atoms with Gasteiger partial charge in [0.1, 0.15) is 5.60 Å². The number of nitrogens with one attached hydrogen (secondary N) is 1. The van der Waals surface area contributed by atoms with Gasteiger partial charge in [-0.1, -0.05) is 0 Å². The molecule has 3 fully saturated rings. The second-order valence-corrected chi connectivity index (χ2v) is 9.01. The van der Waals surface area contributed by atoms with Crippen LogP contribution in [0.15, 0.2) is 4.99 Å². The van der Waals surface area contributed by atoms with E-state index in [1.807, 2.05) is 25.7 Å². The molecule has 1 saturated heterocycles. The van der Waals surface area contributed by atoms with Crippen LogP contribution in [0.2, 0.25) is 0 Å². The third-order valence-corrected chi connectivity index (χ3v) is 5.20. The van der Waals surface area contributed by atoms with Gasteiger partial charge in [0.15, 0.2) is 5.96 Å². The van der Waals surface area contributed by atoms with E-state index in [0.29, 0.717) is 12.0 Å². The van der Waals surface area contributed by atoms with Crippen LogP contribution in [-0.4, -0.2) is 65.7 Å². The molecule has 0 spiro atoms. The van der Waals surface area contributed by atoms with Gasteiger partial charge in [-0.3, -0.25) is 4.99 Å². The van der Waals surface area contributed by atoms with Gasteiger partial charge in [-0.2, -0.15) is 0 Å². The van der Waals surface area contributed by atoms with Gasteiger partial charge in [0, 0.05) is 38.3 Å². The SMILES string of the molecule is CCN=C(NC1CC1)N1CCC(N(CC2CC2)C(=O)OC(C)(C)C)CC1.I. The number of hydrogen-bond acceptors (Lipinski definition) is 3. The zero-order valence-corrected chi connectivity index (χ0v) is 19.7. The summed E-state index contributed by atoms with van der Waals surface area (Å²) in [5, 5.41) is 3.57. The lowest BCUT2D eigenvalue weighted by Crippen LogP contribution is -2.53. The molecule has 1 N–H and O–H groups in total. The highest BCUT2D eigenvalue weighted by Gasteiger charge is 2.36. The quantitative estimate of drug-likeness (QED) is 0.360. The highest BCUT2D eigenvalue weighted by atomic mass is 127. The lowest BCUT2D eigenvalue weighted by atomic mass is 10.0. The number of likely N-dealkylation sites (tertiary alicyclic amines) is 1. The molecule has 6 nitrogen and oxygen atoms in total. The molecule has 0 radical (unpaired) electrons. The zero-order valence-electron chi connectivity index (χ0n) is 17.4. The number of rotatable bonds is 5. The van der Waals surface area contributed by atoms with Gasteiger partial charge in [-0.05, 0) is 72.1 Å². The van der Waals surface area contributed by atoms with Crippen LogP contribution >= 0.6 is 24.0 Å². The average Bonchev–Trinajstić information content (AvgIpc) is 3.46. The van der Waals surface area contributed by atoms with E-state index in [-0.39, 0.29) is 36.1 Å². The number of guanidine groups is 1. The average molecular weight is 492 g/mol. The number of halogens is 1. The van der Waals surface area contributed by atoms with E-state index in [2.05, 4.69) is 22.1 Å². The van der Waals surface area contributed by atoms with Crippen molar-refractivity contribution in [2.45, 2.75) is 83.9 Å². The van der Waals surface area contributed by atoms with Crippen LogP contribution in [0.25, 0.3) is 0 Å². The van der Waals surface area contributed by atoms with Gasteiger partial charge < -0.3 is 19.9 Å². The topological polar surface area (TPSA) is 57.2 Å². The van der Waals surface area contributed by atoms with Crippen molar-refractivity contribution in [1.82, 2.24) is 15.1 Å². The lowest BCUT2D eigenvalue weighted by Gasteiger charge is -2.40. The van der Waals surface area contributed by atoms with Crippen molar-refractivity contribution in [1.29, 1.82) is 0 Å². The maximum atomic E-state index is 12.7. The Kier molecular flexibility index (Phi) is 8.06. The van der Waals surface area contributed by atoms with Crippen LogP contribution < -0.4 is 5.32 Å². The fourth-order valence-electron chi connectivity index (χ4n) is 3.46. The number of nitrogens with zero attached hydrogens (tertiary/aromatic N) is 3. The van der Waals surface area contributed by atoms with Crippen molar-refractivity contribution in [3.8, 4) is 0 Å². The first-order chi connectivity index (χ1) is 12.4. The van der Waals surface area contributed by atoms with Crippen LogP contribution in [0.4, 0.5) is 4.79 Å². The Morgan fingerprint density at radius 3 is 2.26 bits per heavy atom. The van der Waals surface area contributed by atoms with E-state index in [1.165, 1.54) is 25.7 Å². The molecule has 1 amide bonds. The molecule has 0 aromatic rings. The summed E-state index contributed by atoms with van der Waals surface area (Å²) in [6, 6.07) is 0.900. The van der Waals surface area contributed by atoms with Gasteiger partial charge in [-0.15, -0.1) is 24.0 Å². The monoisotopic (exact) mass is 492 g/mol. The minimum atomic E-state index is -0.436.